The van der Waals surface area contributed by atoms with E-state index in [-0.39, 0.29) is 11.9 Å². The van der Waals surface area contributed by atoms with Crippen LogP contribution in [0.15, 0.2) is 18.2 Å². The lowest BCUT2D eigenvalue weighted by molar-refractivity contribution is 0.563. The van der Waals surface area contributed by atoms with E-state index in [9.17, 15) is 4.39 Å². The second-order valence-corrected chi connectivity index (χ2v) is 5.30. The van der Waals surface area contributed by atoms with E-state index >= 15 is 0 Å². The van der Waals surface area contributed by atoms with E-state index in [1.54, 1.807) is 6.07 Å². The Morgan fingerprint density at radius 1 is 1.26 bits per heavy atom. The molecule has 1 rings (SSSR count). The Hall–Kier alpha value is -1.09. The molecule has 0 heterocycles. The summed E-state index contributed by atoms with van der Waals surface area (Å²) in [5.41, 5.74) is 7.34. The van der Waals surface area contributed by atoms with Gasteiger partial charge in [-0.25, -0.2) is 4.39 Å². The average Bonchev–Trinajstić information content (AvgIpc) is 2.39. The maximum atomic E-state index is 14.3. The molecule has 2 unspecified atom stereocenters. The van der Waals surface area contributed by atoms with Gasteiger partial charge in [-0.15, -0.1) is 0 Å². The summed E-state index contributed by atoms with van der Waals surface area (Å²) in [6.07, 6.45) is 3.21. The minimum atomic E-state index is -0.161. The van der Waals surface area contributed by atoms with E-state index < -0.39 is 0 Å². The van der Waals surface area contributed by atoms with Crippen LogP contribution in [-0.4, -0.2) is 12.6 Å². The van der Waals surface area contributed by atoms with Crippen molar-refractivity contribution >= 4 is 5.69 Å². The van der Waals surface area contributed by atoms with E-state index in [4.69, 9.17) is 5.73 Å². The van der Waals surface area contributed by atoms with Gasteiger partial charge in [0.2, 0.25) is 0 Å². The molecule has 2 nitrogen and oxygen atoms in total. The second-order valence-electron chi connectivity index (χ2n) is 5.30. The fourth-order valence-corrected chi connectivity index (χ4v) is 2.17. The van der Waals surface area contributed by atoms with Gasteiger partial charge in [0.25, 0.3) is 0 Å². The maximum absolute atomic E-state index is 14.3. The number of anilines is 1. The first-order valence-electron chi connectivity index (χ1n) is 7.32. The van der Waals surface area contributed by atoms with Crippen LogP contribution in [-0.2, 0) is 0 Å². The van der Waals surface area contributed by atoms with Gasteiger partial charge in [-0.2, -0.15) is 0 Å². The van der Waals surface area contributed by atoms with E-state index in [1.165, 1.54) is 0 Å². The smallest absolute Gasteiger partial charge is 0.146 e. The van der Waals surface area contributed by atoms with Crippen molar-refractivity contribution in [2.45, 2.75) is 59.0 Å². The Bertz CT molecular complexity index is 390. The molecule has 0 saturated heterocycles. The molecule has 3 heteroatoms. The molecule has 19 heavy (non-hydrogen) atoms. The molecule has 0 aliphatic carbocycles. The lowest BCUT2D eigenvalue weighted by Crippen LogP contribution is -2.34. The van der Waals surface area contributed by atoms with E-state index in [1.807, 2.05) is 19.1 Å². The van der Waals surface area contributed by atoms with Gasteiger partial charge in [-0.1, -0.05) is 26.3 Å². The minimum absolute atomic E-state index is 0.128. The minimum Gasteiger partial charge on any atom is -0.366 e. The zero-order valence-corrected chi connectivity index (χ0v) is 12.6. The fourth-order valence-electron chi connectivity index (χ4n) is 2.17. The van der Waals surface area contributed by atoms with Crippen LogP contribution in [0.2, 0.25) is 0 Å². The van der Waals surface area contributed by atoms with Gasteiger partial charge in [-0.3, -0.25) is 0 Å². The lowest BCUT2D eigenvalue weighted by Gasteiger charge is -2.31. The molecule has 108 valence electrons. The Balaban J connectivity index is 3.01. The molecule has 1 aromatic carbocycles. The number of unbranched alkanes of at least 4 members (excludes halogenated alkanes) is 1. The standard InChI is InChI=1S/C16H27FN2/c1-5-7-10-19(12(3)6-2)16-9-8-14(13(4)18)11-15(16)17/h8-9,11-13H,5-7,10,18H2,1-4H3. The molecule has 0 fully saturated rings. The quantitative estimate of drug-likeness (QED) is 0.799. The van der Waals surface area contributed by atoms with Crippen LogP contribution in [0.3, 0.4) is 0 Å². The molecule has 2 atom stereocenters. The van der Waals surface area contributed by atoms with Crippen molar-refractivity contribution in [3.05, 3.63) is 29.6 Å². The third-order valence-corrected chi connectivity index (χ3v) is 3.68. The van der Waals surface area contributed by atoms with Crippen LogP contribution in [0.4, 0.5) is 10.1 Å². The zero-order chi connectivity index (χ0) is 14.4. The van der Waals surface area contributed by atoms with Crippen molar-refractivity contribution in [3.8, 4) is 0 Å². The first kappa shape index (κ1) is 16.0. The van der Waals surface area contributed by atoms with Gasteiger partial charge in [-0.05, 0) is 44.4 Å². The number of benzene rings is 1. The molecule has 0 saturated carbocycles. The highest BCUT2D eigenvalue weighted by Gasteiger charge is 2.17. The van der Waals surface area contributed by atoms with Gasteiger partial charge in [0.05, 0.1) is 5.69 Å². The number of nitrogens with zero attached hydrogens (tertiary/aromatic N) is 1. The lowest BCUT2D eigenvalue weighted by atomic mass is 10.1. The van der Waals surface area contributed by atoms with Crippen molar-refractivity contribution in [1.82, 2.24) is 0 Å². The van der Waals surface area contributed by atoms with Crippen LogP contribution in [0.5, 0.6) is 0 Å². The molecule has 2 N–H and O–H groups in total. The Labute approximate surface area is 116 Å². The average molecular weight is 266 g/mol. The summed E-state index contributed by atoms with van der Waals surface area (Å²) < 4.78 is 14.3. The van der Waals surface area contributed by atoms with Gasteiger partial charge in [0.1, 0.15) is 5.82 Å². The Morgan fingerprint density at radius 2 is 1.95 bits per heavy atom. The van der Waals surface area contributed by atoms with E-state index in [2.05, 4.69) is 25.7 Å². The van der Waals surface area contributed by atoms with Gasteiger partial charge < -0.3 is 10.6 Å². The van der Waals surface area contributed by atoms with Crippen LogP contribution in [0.1, 0.15) is 58.6 Å². The van der Waals surface area contributed by atoms with Crippen molar-refractivity contribution in [3.63, 3.8) is 0 Å². The first-order chi connectivity index (χ1) is 9.01. The van der Waals surface area contributed by atoms with Crippen LogP contribution in [0, 0.1) is 5.82 Å². The normalized spacial score (nSPS) is 14.2. The maximum Gasteiger partial charge on any atom is 0.146 e. The Kier molecular flexibility index (Phi) is 6.29. The Morgan fingerprint density at radius 3 is 2.42 bits per heavy atom. The van der Waals surface area contributed by atoms with Gasteiger partial charge in [0.15, 0.2) is 0 Å². The van der Waals surface area contributed by atoms with E-state index in [0.29, 0.717) is 11.7 Å². The third kappa shape index (κ3) is 4.20. The molecule has 0 bridgehead atoms. The second kappa shape index (κ2) is 7.49. The highest BCUT2D eigenvalue weighted by Crippen LogP contribution is 2.25. The predicted molar refractivity (Wildman–Crippen MR) is 81.0 cm³/mol. The summed E-state index contributed by atoms with van der Waals surface area (Å²) in [4.78, 5) is 2.17. The molecular weight excluding hydrogens is 239 g/mol. The number of hydrogen-bond donors (Lipinski definition) is 1. The SMILES string of the molecule is CCCCN(c1ccc(C(C)N)cc1F)C(C)CC. The highest BCUT2D eigenvalue weighted by atomic mass is 19.1. The molecule has 0 spiro atoms. The first-order valence-corrected chi connectivity index (χ1v) is 7.32. The van der Waals surface area contributed by atoms with Crippen LogP contribution < -0.4 is 10.6 Å². The summed E-state index contributed by atoms with van der Waals surface area (Å²) in [7, 11) is 0. The summed E-state index contributed by atoms with van der Waals surface area (Å²) >= 11 is 0. The number of rotatable bonds is 7. The monoisotopic (exact) mass is 266 g/mol. The molecule has 0 aliphatic rings. The molecule has 0 aliphatic heterocycles. The van der Waals surface area contributed by atoms with Crippen LogP contribution >= 0.6 is 0 Å². The van der Waals surface area contributed by atoms with Gasteiger partial charge in [0, 0.05) is 18.6 Å². The number of hydrogen-bond acceptors (Lipinski definition) is 2. The summed E-state index contributed by atoms with van der Waals surface area (Å²) in [6, 6.07) is 5.60. The topological polar surface area (TPSA) is 29.3 Å². The summed E-state index contributed by atoms with van der Waals surface area (Å²) in [5.74, 6) is -0.161. The van der Waals surface area contributed by atoms with Crippen molar-refractivity contribution in [1.29, 1.82) is 0 Å². The summed E-state index contributed by atoms with van der Waals surface area (Å²) in [5, 5.41) is 0. The zero-order valence-electron chi connectivity index (χ0n) is 12.6. The van der Waals surface area contributed by atoms with Crippen molar-refractivity contribution in [2.75, 3.05) is 11.4 Å². The third-order valence-electron chi connectivity index (χ3n) is 3.68. The largest absolute Gasteiger partial charge is 0.366 e. The fraction of sp³-hybridized carbons (Fsp3) is 0.625. The number of halogens is 1. The highest BCUT2D eigenvalue weighted by molar-refractivity contribution is 5.50. The molecule has 0 aromatic heterocycles. The predicted octanol–water partition coefficient (Wildman–Crippen LogP) is 4.25. The molecule has 0 amide bonds. The molecule has 0 radical (unpaired) electrons. The van der Waals surface area contributed by atoms with Gasteiger partial charge >= 0.3 is 0 Å². The molecule has 1 aromatic rings. The van der Waals surface area contributed by atoms with Crippen molar-refractivity contribution in [2.24, 2.45) is 5.73 Å². The number of nitrogens with two attached hydrogens (primary N) is 1. The summed E-state index contributed by atoms with van der Waals surface area (Å²) in [6.45, 7) is 9.22. The van der Waals surface area contributed by atoms with Crippen molar-refractivity contribution < 1.29 is 4.39 Å². The molecular formula is C16H27FN2. The van der Waals surface area contributed by atoms with E-state index in [0.717, 1.165) is 31.4 Å². The van der Waals surface area contributed by atoms with Crippen LogP contribution in [0.25, 0.3) is 0 Å².